The number of aliphatic hydroxyl groups is 1. The van der Waals surface area contributed by atoms with Crippen molar-refractivity contribution < 1.29 is 28.3 Å². The Labute approximate surface area is 299 Å². The summed E-state index contributed by atoms with van der Waals surface area (Å²) in [6.45, 7) is 5.63. The number of fused-ring (bicyclic) bond motifs is 3. The first-order valence-corrected chi connectivity index (χ1v) is 20.7. The number of hydrogen-bond donors (Lipinski definition) is 1. The quantitative estimate of drug-likeness (QED) is 0.141. The number of para-hydroxylation sites is 2. The van der Waals surface area contributed by atoms with Crippen LogP contribution in [0.1, 0.15) is 42.0 Å². The van der Waals surface area contributed by atoms with Crippen molar-refractivity contribution in [1.29, 1.82) is 0 Å². The van der Waals surface area contributed by atoms with Crippen LogP contribution in [0.25, 0.3) is 0 Å². The van der Waals surface area contributed by atoms with Gasteiger partial charge in [-0.1, -0.05) is 85.8 Å². The van der Waals surface area contributed by atoms with E-state index >= 15 is 4.11 Å². The zero-order chi connectivity index (χ0) is 35.9. The molecule has 0 radical (unpaired) electrons. The Kier molecular flexibility index (Phi) is 9.43. The van der Waals surface area contributed by atoms with E-state index in [-0.39, 0.29) is 43.8 Å². The third kappa shape index (κ3) is 6.30. The second kappa shape index (κ2) is 13.8. The lowest BCUT2D eigenvalue weighted by Crippen LogP contribution is -2.45. The Hall–Kier alpha value is -4.64. The van der Waals surface area contributed by atoms with Crippen LogP contribution in [-0.4, -0.2) is 55.4 Å². The Morgan fingerprint density at radius 3 is 2.27 bits per heavy atom. The van der Waals surface area contributed by atoms with E-state index in [1.54, 1.807) is 27.8 Å². The number of anilines is 3. The number of hydrogen-bond acceptors (Lipinski definition) is 5. The number of carbonyl (C=O) groups is 3. The molecule has 0 saturated carbocycles. The highest BCUT2D eigenvalue weighted by molar-refractivity contribution is 6.72. The summed E-state index contributed by atoms with van der Waals surface area (Å²) in [5, 5.41) is 9.80. The van der Waals surface area contributed by atoms with Crippen LogP contribution in [0.3, 0.4) is 0 Å². The maximum absolute atomic E-state index is 16.4. The third-order valence-electron chi connectivity index (χ3n) is 10.8. The van der Waals surface area contributed by atoms with Gasteiger partial charge in [0.05, 0.1) is 37.1 Å². The van der Waals surface area contributed by atoms with Crippen LogP contribution < -0.4 is 9.80 Å². The Bertz CT molecular complexity index is 1930. The van der Waals surface area contributed by atoms with Gasteiger partial charge in [-0.25, -0.2) is 0 Å². The number of benzene rings is 4. The molecule has 3 heterocycles. The van der Waals surface area contributed by atoms with Crippen molar-refractivity contribution in [1.82, 2.24) is 4.90 Å². The Balaban J connectivity index is 1.16. The fraction of sp³-hybridized carbons (Fsp3) is 0.341. The van der Waals surface area contributed by atoms with Gasteiger partial charge in [0.1, 0.15) is 0 Å². The minimum absolute atomic E-state index is 0.0425. The van der Waals surface area contributed by atoms with E-state index in [2.05, 4.69) is 6.07 Å². The fourth-order valence-electron chi connectivity index (χ4n) is 8.52. The highest BCUT2D eigenvalue weighted by Crippen LogP contribution is 2.60. The van der Waals surface area contributed by atoms with E-state index < -0.39 is 31.6 Å². The van der Waals surface area contributed by atoms with Gasteiger partial charge in [-0.2, -0.15) is 0 Å². The molecule has 1 fully saturated rings. The van der Waals surface area contributed by atoms with Crippen molar-refractivity contribution in [3.05, 3.63) is 125 Å². The average molecular weight is 706 g/mol. The Morgan fingerprint density at radius 2 is 1.57 bits per heavy atom. The minimum atomic E-state index is -3.49. The number of aliphatic hydroxyl groups excluding tert-OH is 1. The van der Waals surface area contributed by atoms with Gasteiger partial charge in [-0.3, -0.25) is 19.3 Å². The predicted octanol–water partition coefficient (Wildman–Crippen LogP) is 7.03. The molecule has 1 N–H and O–H groups in total. The van der Waals surface area contributed by atoms with Gasteiger partial charge < -0.3 is 23.8 Å². The number of amides is 3. The Morgan fingerprint density at radius 1 is 0.902 bits per heavy atom. The van der Waals surface area contributed by atoms with E-state index in [1.807, 2.05) is 104 Å². The molecule has 1 spiro atoms. The molecular weight excluding hydrogens is 662 g/mol. The van der Waals surface area contributed by atoms with E-state index in [0.717, 1.165) is 34.5 Å². The predicted molar refractivity (Wildman–Crippen MR) is 198 cm³/mol. The summed E-state index contributed by atoms with van der Waals surface area (Å²) in [4.78, 5) is 46.7. The van der Waals surface area contributed by atoms with Crippen molar-refractivity contribution in [2.45, 2.75) is 69.6 Å². The van der Waals surface area contributed by atoms with Crippen LogP contribution in [0.2, 0.25) is 18.6 Å². The number of rotatable bonds is 10. The first-order chi connectivity index (χ1) is 24.5. The normalized spacial score (nSPS) is 22.7. The number of carbonyl (C=O) groups excluding carboxylic acids is 3. The second-order valence-corrected chi connectivity index (χ2v) is 18.2. The molecule has 3 amide bonds. The number of ether oxygens (including phenoxy) is 1. The maximum Gasteiger partial charge on any atom is 0.264 e. The monoisotopic (exact) mass is 705 g/mol. The highest BCUT2D eigenvalue weighted by atomic mass is 28.4. The van der Waals surface area contributed by atoms with E-state index in [9.17, 15) is 19.5 Å². The lowest BCUT2D eigenvalue weighted by Gasteiger charge is -2.31. The molecule has 4 aromatic rings. The first kappa shape index (κ1) is 34.8. The van der Waals surface area contributed by atoms with Gasteiger partial charge in [-0.15, -0.1) is 0 Å². The maximum atomic E-state index is 16.4. The van der Waals surface area contributed by atoms with Crippen LogP contribution >= 0.6 is 0 Å². The number of aryl methyl sites for hydroxylation is 1. The molecule has 1 saturated heterocycles. The molecule has 3 aliphatic rings. The molecule has 7 rings (SSSR count). The van der Waals surface area contributed by atoms with Gasteiger partial charge >= 0.3 is 0 Å². The molecule has 4 atom stereocenters. The zero-order valence-corrected chi connectivity index (χ0v) is 30.3. The highest BCUT2D eigenvalue weighted by Gasteiger charge is 2.67. The fourth-order valence-corrected chi connectivity index (χ4v) is 11.0. The van der Waals surface area contributed by atoms with Gasteiger partial charge in [0.2, 0.25) is 20.2 Å². The van der Waals surface area contributed by atoms with Crippen LogP contribution in [0.5, 0.6) is 0 Å². The molecule has 51 heavy (non-hydrogen) atoms. The summed E-state index contributed by atoms with van der Waals surface area (Å²) in [5.41, 5.74) is 3.88. The van der Waals surface area contributed by atoms with Crippen LogP contribution in [0, 0.1) is 5.92 Å². The van der Waals surface area contributed by atoms with E-state index in [1.165, 1.54) is 0 Å². The van der Waals surface area contributed by atoms with Crippen molar-refractivity contribution >= 4 is 43.2 Å². The van der Waals surface area contributed by atoms with E-state index in [4.69, 9.17) is 4.74 Å². The standard InChI is InChI=1S/C41H44FN3O5Si/c1-28-39(51(2,3)42)36(25-38(48)43(23-24-46)26-29-11-5-4-6-12-29)50-41(28)33-14-8-10-16-35(33)44(40(41)49)27-30-17-20-32(21-18-30)45-34-15-9-7-13-31(34)19-22-37(45)47/h4-18,20-21,28,36,39,46H,19,22-27H2,1-3H3/t28-,36+,39-,41+/m1/s1. The zero-order valence-electron chi connectivity index (χ0n) is 29.3. The van der Waals surface area contributed by atoms with E-state index in [0.29, 0.717) is 24.2 Å². The number of halogens is 1. The molecule has 3 aliphatic heterocycles. The molecule has 0 unspecified atom stereocenters. The molecule has 264 valence electrons. The lowest BCUT2D eigenvalue weighted by molar-refractivity contribution is -0.150. The molecule has 0 aromatic heterocycles. The van der Waals surface area contributed by atoms with Gasteiger partial charge in [0.25, 0.3) is 5.91 Å². The lowest BCUT2D eigenvalue weighted by atomic mass is 9.82. The SMILES string of the molecule is C[C@@H]1[C@@H]([Si](C)(C)F)[C@H](CC(=O)N(CCO)Cc2ccccc2)O[C@@]12C(=O)N(Cc1ccc(N3C(=O)CCc4ccccc43)cc1)c1ccccc12. The van der Waals surface area contributed by atoms with Gasteiger partial charge in [0.15, 0.2) is 5.60 Å². The van der Waals surface area contributed by atoms with Crippen molar-refractivity contribution in [2.24, 2.45) is 5.92 Å². The molecule has 8 nitrogen and oxygen atoms in total. The third-order valence-corrected chi connectivity index (χ3v) is 13.3. The first-order valence-electron chi connectivity index (χ1n) is 17.7. The largest absolute Gasteiger partial charge is 0.395 e. The second-order valence-electron chi connectivity index (χ2n) is 14.4. The topological polar surface area (TPSA) is 90.4 Å². The van der Waals surface area contributed by atoms with Crippen LogP contribution in [0.15, 0.2) is 103 Å². The minimum Gasteiger partial charge on any atom is -0.395 e. The summed E-state index contributed by atoms with van der Waals surface area (Å²) in [7, 11) is -3.49. The summed E-state index contributed by atoms with van der Waals surface area (Å²) in [6.07, 6.45) is 0.238. The van der Waals surface area contributed by atoms with Crippen LogP contribution in [-0.2, 0) is 44.2 Å². The molecule has 4 aromatic carbocycles. The summed E-state index contributed by atoms with van der Waals surface area (Å²) in [5.74, 6) is -1.01. The summed E-state index contributed by atoms with van der Waals surface area (Å²) < 4.78 is 23.2. The van der Waals surface area contributed by atoms with Gasteiger partial charge in [-0.05, 0) is 60.5 Å². The summed E-state index contributed by atoms with van der Waals surface area (Å²) in [6, 6.07) is 32.7. The van der Waals surface area contributed by atoms with Crippen molar-refractivity contribution in [3.63, 3.8) is 0 Å². The van der Waals surface area contributed by atoms with Crippen molar-refractivity contribution in [3.8, 4) is 0 Å². The summed E-state index contributed by atoms with van der Waals surface area (Å²) >= 11 is 0. The smallest absolute Gasteiger partial charge is 0.264 e. The molecular formula is C41H44FN3O5Si. The molecule has 0 bridgehead atoms. The van der Waals surface area contributed by atoms with Gasteiger partial charge in [0, 0.05) is 42.2 Å². The van der Waals surface area contributed by atoms with Crippen molar-refractivity contribution in [2.75, 3.05) is 23.0 Å². The molecule has 10 heteroatoms. The average Bonchev–Trinajstić information content (AvgIpc) is 3.55. The number of nitrogens with zero attached hydrogens (tertiary/aromatic N) is 3. The molecule has 0 aliphatic carbocycles. The van der Waals surface area contributed by atoms with Crippen LogP contribution in [0.4, 0.5) is 21.2 Å².